The summed E-state index contributed by atoms with van der Waals surface area (Å²) in [5.74, 6) is -0.941. The Balaban J connectivity index is 2.38. The number of rotatable bonds is 4. The third kappa shape index (κ3) is 3.21. The number of hydrogen-bond acceptors (Lipinski definition) is 4. The van der Waals surface area contributed by atoms with E-state index in [2.05, 4.69) is 15.9 Å². The highest BCUT2D eigenvalue weighted by atomic mass is 79.9. The van der Waals surface area contributed by atoms with Crippen LogP contribution in [-0.4, -0.2) is 41.1 Å². The number of carboxylic acids is 1. The van der Waals surface area contributed by atoms with Crippen LogP contribution >= 0.6 is 27.3 Å². The van der Waals surface area contributed by atoms with Crippen molar-refractivity contribution < 1.29 is 19.4 Å². The standard InChI is InChI=1S/C13H16BrNO4S/c1-7(2)5-15-10(16)6-19-12(13(17)18)11(15)8-3-4-9(14)20-8/h3-4,7,11-12H,5-6H2,1-2H3,(H,17,18). The third-order valence-electron chi connectivity index (χ3n) is 3.02. The molecular formula is C13H16BrNO4S. The molecule has 2 atom stereocenters. The number of amides is 1. The number of carboxylic acid groups (broad SMARTS) is 1. The minimum atomic E-state index is -1.04. The van der Waals surface area contributed by atoms with Crippen molar-refractivity contribution in [2.24, 2.45) is 5.92 Å². The van der Waals surface area contributed by atoms with Gasteiger partial charge in [0.15, 0.2) is 6.10 Å². The molecule has 1 amide bonds. The lowest BCUT2D eigenvalue weighted by Crippen LogP contribution is -2.52. The van der Waals surface area contributed by atoms with Crippen molar-refractivity contribution in [1.82, 2.24) is 4.90 Å². The average Bonchev–Trinajstić information content (AvgIpc) is 2.77. The highest BCUT2D eigenvalue weighted by Crippen LogP contribution is 2.36. The van der Waals surface area contributed by atoms with E-state index in [9.17, 15) is 14.7 Å². The van der Waals surface area contributed by atoms with Gasteiger partial charge < -0.3 is 14.7 Å². The summed E-state index contributed by atoms with van der Waals surface area (Å²) in [5, 5.41) is 9.34. The molecule has 2 heterocycles. The van der Waals surface area contributed by atoms with Gasteiger partial charge in [0, 0.05) is 11.4 Å². The first-order valence-electron chi connectivity index (χ1n) is 6.29. The first-order chi connectivity index (χ1) is 9.40. The number of ether oxygens (including phenoxy) is 1. The van der Waals surface area contributed by atoms with Crippen LogP contribution in [0.5, 0.6) is 0 Å². The first-order valence-corrected chi connectivity index (χ1v) is 7.90. The Labute approximate surface area is 129 Å². The zero-order chi connectivity index (χ0) is 14.9. The summed E-state index contributed by atoms with van der Waals surface area (Å²) in [4.78, 5) is 25.9. The van der Waals surface area contributed by atoms with Crippen LogP contribution in [0.15, 0.2) is 15.9 Å². The maximum Gasteiger partial charge on any atom is 0.335 e. The van der Waals surface area contributed by atoms with Gasteiger partial charge in [-0.15, -0.1) is 11.3 Å². The Morgan fingerprint density at radius 3 is 2.80 bits per heavy atom. The van der Waals surface area contributed by atoms with Gasteiger partial charge in [-0.3, -0.25) is 4.79 Å². The number of thiophene rings is 1. The van der Waals surface area contributed by atoms with Gasteiger partial charge in [0.1, 0.15) is 12.6 Å². The van der Waals surface area contributed by atoms with Crippen LogP contribution in [-0.2, 0) is 14.3 Å². The van der Waals surface area contributed by atoms with Gasteiger partial charge >= 0.3 is 5.97 Å². The molecule has 2 unspecified atom stereocenters. The van der Waals surface area contributed by atoms with Crippen molar-refractivity contribution in [2.45, 2.75) is 26.0 Å². The lowest BCUT2D eigenvalue weighted by Gasteiger charge is -2.39. The van der Waals surface area contributed by atoms with Crippen molar-refractivity contribution in [2.75, 3.05) is 13.2 Å². The van der Waals surface area contributed by atoms with Crippen molar-refractivity contribution in [3.8, 4) is 0 Å². The molecule has 0 spiro atoms. The normalized spacial score (nSPS) is 23.4. The molecule has 2 rings (SSSR count). The molecule has 1 aliphatic heterocycles. The zero-order valence-corrected chi connectivity index (χ0v) is 13.6. The smallest absolute Gasteiger partial charge is 0.335 e. The van der Waals surface area contributed by atoms with E-state index in [1.165, 1.54) is 11.3 Å². The Morgan fingerprint density at radius 1 is 1.60 bits per heavy atom. The number of hydrogen-bond donors (Lipinski definition) is 1. The van der Waals surface area contributed by atoms with Crippen molar-refractivity contribution >= 4 is 39.1 Å². The van der Waals surface area contributed by atoms with E-state index in [0.717, 1.165) is 8.66 Å². The summed E-state index contributed by atoms with van der Waals surface area (Å²) in [6, 6.07) is 3.13. The lowest BCUT2D eigenvalue weighted by atomic mass is 10.0. The van der Waals surface area contributed by atoms with Gasteiger partial charge in [-0.05, 0) is 34.0 Å². The number of morpholine rings is 1. The monoisotopic (exact) mass is 361 g/mol. The molecule has 1 aliphatic rings. The van der Waals surface area contributed by atoms with Gasteiger partial charge in [0.05, 0.1) is 3.79 Å². The zero-order valence-electron chi connectivity index (χ0n) is 11.2. The molecule has 0 saturated carbocycles. The van der Waals surface area contributed by atoms with Crippen LogP contribution in [0.2, 0.25) is 0 Å². The minimum Gasteiger partial charge on any atom is -0.479 e. The number of carbonyl (C=O) groups is 2. The van der Waals surface area contributed by atoms with Crippen LogP contribution in [0.1, 0.15) is 24.8 Å². The van der Waals surface area contributed by atoms with Gasteiger partial charge in [-0.2, -0.15) is 0 Å². The Bertz CT molecular complexity index is 516. The average molecular weight is 362 g/mol. The maximum absolute atomic E-state index is 12.1. The predicted molar refractivity (Wildman–Crippen MR) is 78.7 cm³/mol. The summed E-state index contributed by atoms with van der Waals surface area (Å²) in [6.45, 7) is 4.35. The molecule has 0 aromatic carbocycles. The summed E-state index contributed by atoms with van der Waals surface area (Å²) >= 11 is 4.80. The van der Waals surface area contributed by atoms with E-state index in [0.29, 0.717) is 6.54 Å². The largest absolute Gasteiger partial charge is 0.479 e. The fourth-order valence-corrected chi connectivity index (χ4v) is 3.82. The number of nitrogens with zero attached hydrogens (tertiary/aromatic N) is 1. The van der Waals surface area contributed by atoms with E-state index in [-0.39, 0.29) is 18.4 Å². The van der Waals surface area contributed by atoms with Gasteiger partial charge in [0.2, 0.25) is 5.91 Å². The van der Waals surface area contributed by atoms with Crippen LogP contribution in [0.25, 0.3) is 0 Å². The molecule has 1 fully saturated rings. The Hall–Kier alpha value is -0.920. The maximum atomic E-state index is 12.1. The lowest BCUT2D eigenvalue weighted by molar-refractivity contribution is -0.173. The van der Waals surface area contributed by atoms with Gasteiger partial charge in [0.25, 0.3) is 0 Å². The molecular weight excluding hydrogens is 346 g/mol. The van der Waals surface area contributed by atoms with Crippen LogP contribution in [0.4, 0.5) is 0 Å². The molecule has 0 aliphatic carbocycles. The second-order valence-corrected chi connectivity index (χ2v) is 7.59. The van der Waals surface area contributed by atoms with Crippen LogP contribution in [0.3, 0.4) is 0 Å². The summed E-state index contributed by atoms with van der Waals surface area (Å²) in [7, 11) is 0. The summed E-state index contributed by atoms with van der Waals surface area (Å²) in [5.41, 5.74) is 0. The fourth-order valence-electron chi connectivity index (χ4n) is 2.26. The molecule has 1 saturated heterocycles. The van der Waals surface area contributed by atoms with E-state index in [1.54, 1.807) is 4.90 Å². The molecule has 1 aromatic heterocycles. The molecule has 5 nitrogen and oxygen atoms in total. The molecule has 1 aromatic rings. The van der Waals surface area contributed by atoms with Crippen molar-refractivity contribution in [3.05, 3.63) is 20.8 Å². The topological polar surface area (TPSA) is 66.8 Å². The number of carbonyl (C=O) groups excluding carboxylic acids is 1. The van der Waals surface area contributed by atoms with Gasteiger partial charge in [-0.1, -0.05) is 13.8 Å². The third-order valence-corrected chi connectivity index (χ3v) is 4.71. The SMILES string of the molecule is CC(C)CN1C(=O)COC(C(=O)O)C1c1ccc(Br)s1. The van der Waals surface area contributed by atoms with Gasteiger partial charge in [-0.25, -0.2) is 4.79 Å². The molecule has 0 radical (unpaired) electrons. The molecule has 110 valence electrons. The summed E-state index contributed by atoms with van der Waals surface area (Å²) in [6.07, 6.45) is -1.02. The predicted octanol–water partition coefficient (Wildman–Crippen LogP) is 2.52. The molecule has 0 bridgehead atoms. The van der Waals surface area contributed by atoms with Crippen LogP contribution < -0.4 is 0 Å². The summed E-state index contributed by atoms with van der Waals surface area (Å²) < 4.78 is 6.14. The van der Waals surface area contributed by atoms with E-state index in [4.69, 9.17) is 4.74 Å². The second kappa shape index (κ2) is 6.24. The first kappa shape index (κ1) is 15.5. The number of aliphatic carboxylic acids is 1. The van der Waals surface area contributed by atoms with E-state index in [1.807, 2.05) is 26.0 Å². The second-order valence-electron chi connectivity index (χ2n) is 5.10. The quantitative estimate of drug-likeness (QED) is 0.894. The molecule has 1 N–H and O–H groups in total. The highest BCUT2D eigenvalue weighted by molar-refractivity contribution is 9.11. The van der Waals surface area contributed by atoms with Crippen molar-refractivity contribution in [1.29, 1.82) is 0 Å². The minimum absolute atomic E-state index is 0.161. The highest BCUT2D eigenvalue weighted by Gasteiger charge is 2.42. The van der Waals surface area contributed by atoms with E-state index < -0.39 is 18.1 Å². The van der Waals surface area contributed by atoms with E-state index >= 15 is 0 Å². The number of halogens is 1. The Morgan fingerprint density at radius 2 is 2.30 bits per heavy atom. The molecule has 20 heavy (non-hydrogen) atoms. The fraction of sp³-hybridized carbons (Fsp3) is 0.538. The Kier molecular flexibility index (Phi) is 4.82. The molecule has 7 heteroatoms. The van der Waals surface area contributed by atoms with Crippen LogP contribution in [0, 0.1) is 5.92 Å². The van der Waals surface area contributed by atoms with Crippen molar-refractivity contribution in [3.63, 3.8) is 0 Å².